The molecule has 1 aromatic heterocycles. The van der Waals surface area contributed by atoms with Crippen LogP contribution < -0.4 is 9.47 Å². The van der Waals surface area contributed by atoms with Crippen molar-refractivity contribution in [3.8, 4) is 11.8 Å². The summed E-state index contributed by atoms with van der Waals surface area (Å²) in [6, 6.07) is 6.19. The summed E-state index contributed by atoms with van der Waals surface area (Å²) in [5.41, 5.74) is 1.71. The summed E-state index contributed by atoms with van der Waals surface area (Å²) in [5.74, 6) is 0.747. The van der Waals surface area contributed by atoms with E-state index in [1.165, 1.54) is 0 Å². The first-order valence-corrected chi connectivity index (χ1v) is 3.92. The van der Waals surface area contributed by atoms with E-state index < -0.39 is 0 Å². The maximum absolute atomic E-state index is 5.15. The van der Waals surface area contributed by atoms with Crippen LogP contribution in [0.25, 0.3) is 11.0 Å². The Bertz CT molecular complexity index is 422. The number of aromatic nitrogens is 2. The highest BCUT2D eigenvalue weighted by Gasteiger charge is 2.06. The highest BCUT2D eigenvalue weighted by molar-refractivity contribution is 5.82. The maximum atomic E-state index is 5.15. The van der Waals surface area contributed by atoms with Crippen molar-refractivity contribution in [1.82, 2.24) is 9.97 Å². The van der Waals surface area contributed by atoms with Crippen LogP contribution in [0.1, 0.15) is 0 Å². The third-order valence-corrected chi connectivity index (χ3v) is 1.87. The summed E-state index contributed by atoms with van der Waals surface area (Å²) in [6.07, 6.45) is 0. The van der Waals surface area contributed by atoms with E-state index in [9.17, 15) is 0 Å². The Balaban J connectivity index is 2.67. The summed E-state index contributed by atoms with van der Waals surface area (Å²) in [7, 11) is 3.19. The van der Waals surface area contributed by atoms with E-state index >= 15 is 0 Å². The summed E-state index contributed by atoms with van der Waals surface area (Å²) in [5, 5.41) is 0. The van der Waals surface area contributed by atoms with Crippen molar-refractivity contribution in [2.24, 2.45) is 0 Å². The third-order valence-electron chi connectivity index (χ3n) is 1.87. The molecule has 1 heterocycles. The van der Waals surface area contributed by atoms with Gasteiger partial charge in [-0.25, -0.2) is 0 Å². The number of ether oxygens (including phenoxy) is 2. The molecule has 1 N–H and O–H groups in total. The number of rotatable bonds is 2. The van der Waals surface area contributed by atoms with Crippen LogP contribution in [-0.4, -0.2) is 24.2 Å². The molecule has 0 saturated heterocycles. The first-order chi connectivity index (χ1) is 6.35. The molecule has 0 saturated carbocycles. The predicted molar refractivity (Wildman–Crippen MR) is 49.2 cm³/mol. The number of fused-ring (bicyclic) bond motifs is 1. The highest BCUT2D eigenvalue weighted by atomic mass is 16.5. The number of nitrogens with one attached hydrogen (secondary N) is 1. The van der Waals surface area contributed by atoms with Crippen LogP contribution in [-0.2, 0) is 0 Å². The van der Waals surface area contributed by atoms with Crippen molar-refractivity contribution in [2.75, 3.05) is 14.2 Å². The minimum absolute atomic E-state index is 0.500. The fourth-order valence-corrected chi connectivity index (χ4v) is 1.24. The van der Waals surface area contributed by atoms with E-state index in [-0.39, 0.29) is 0 Å². The van der Waals surface area contributed by atoms with E-state index in [4.69, 9.17) is 9.47 Å². The second-order valence-electron chi connectivity index (χ2n) is 2.60. The lowest BCUT2D eigenvalue weighted by atomic mass is 10.3. The number of para-hydroxylation sites is 1. The van der Waals surface area contributed by atoms with Crippen LogP contribution in [0, 0.1) is 0 Å². The number of H-pyrrole nitrogens is 1. The molecule has 0 amide bonds. The number of imidazole rings is 1. The Morgan fingerprint density at radius 3 is 2.77 bits per heavy atom. The van der Waals surface area contributed by atoms with Gasteiger partial charge < -0.3 is 14.5 Å². The highest BCUT2D eigenvalue weighted by Crippen LogP contribution is 2.24. The summed E-state index contributed by atoms with van der Waals surface area (Å²) in [6.45, 7) is 0. The van der Waals surface area contributed by atoms with Gasteiger partial charge >= 0.3 is 0 Å². The molecule has 68 valence electrons. The molecule has 2 rings (SSSR count). The Kier molecular flexibility index (Phi) is 1.81. The lowest BCUT2D eigenvalue weighted by Crippen LogP contribution is -1.84. The number of hydrogen-bond acceptors (Lipinski definition) is 3. The van der Waals surface area contributed by atoms with Crippen LogP contribution in [0.4, 0.5) is 0 Å². The standard InChI is InChI=1S/C9H10N2O2/c1-12-7-5-3-4-6-8(7)11-9(10-6)13-2/h3-5H,1-2H3,(H,10,11). The third kappa shape index (κ3) is 1.20. The molecule has 13 heavy (non-hydrogen) atoms. The van der Waals surface area contributed by atoms with E-state index in [0.29, 0.717) is 6.01 Å². The summed E-state index contributed by atoms with van der Waals surface area (Å²) >= 11 is 0. The zero-order chi connectivity index (χ0) is 9.26. The van der Waals surface area contributed by atoms with Gasteiger partial charge in [-0.3, -0.25) is 0 Å². The van der Waals surface area contributed by atoms with Gasteiger partial charge in [0.2, 0.25) is 0 Å². The molecule has 0 aliphatic rings. The minimum atomic E-state index is 0.500. The van der Waals surface area contributed by atoms with Gasteiger partial charge in [-0.2, -0.15) is 4.98 Å². The first kappa shape index (κ1) is 7.91. The van der Waals surface area contributed by atoms with Gasteiger partial charge in [0.1, 0.15) is 11.3 Å². The second-order valence-corrected chi connectivity index (χ2v) is 2.60. The smallest absolute Gasteiger partial charge is 0.294 e. The minimum Gasteiger partial charge on any atom is -0.494 e. The van der Waals surface area contributed by atoms with Gasteiger partial charge in [0.15, 0.2) is 0 Å². The van der Waals surface area contributed by atoms with Gasteiger partial charge in [0.05, 0.1) is 19.7 Å². The zero-order valence-corrected chi connectivity index (χ0v) is 7.50. The molecular weight excluding hydrogens is 168 g/mol. The number of nitrogens with zero attached hydrogens (tertiary/aromatic N) is 1. The molecule has 4 nitrogen and oxygen atoms in total. The van der Waals surface area contributed by atoms with Crippen molar-refractivity contribution in [2.45, 2.75) is 0 Å². The van der Waals surface area contributed by atoms with Crippen LogP contribution >= 0.6 is 0 Å². The normalized spacial score (nSPS) is 10.3. The average Bonchev–Trinajstić information content (AvgIpc) is 2.59. The van der Waals surface area contributed by atoms with Crippen molar-refractivity contribution >= 4 is 11.0 Å². The van der Waals surface area contributed by atoms with Crippen LogP contribution in [0.2, 0.25) is 0 Å². The average molecular weight is 178 g/mol. The fourth-order valence-electron chi connectivity index (χ4n) is 1.24. The summed E-state index contributed by atoms with van der Waals surface area (Å²) < 4.78 is 10.1. The number of benzene rings is 1. The maximum Gasteiger partial charge on any atom is 0.294 e. The van der Waals surface area contributed by atoms with Crippen LogP contribution in [0.15, 0.2) is 18.2 Å². The van der Waals surface area contributed by atoms with Crippen LogP contribution in [0.5, 0.6) is 11.8 Å². The van der Waals surface area contributed by atoms with Crippen molar-refractivity contribution in [3.63, 3.8) is 0 Å². The van der Waals surface area contributed by atoms with Crippen molar-refractivity contribution < 1.29 is 9.47 Å². The molecule has 2 aromatic rings. The molecule has 0 bridgehead atoms. The quantitative estimate of drug-likeness (QED) is 0.759. The van der Waals surface area contributed by atoms with Gasteiger partial charge in [-0.15, -0.1) is 0 Å². The molecule has 0 aliphatic heterocycles. The molecule has 0 radical (unpaired) electrons. The van der Waals surface area contributed by atoms with Crippen LogP contribution in [0.3, 0.4) is 0 Å². The predicted octanol–water partition coefficient (Wildman–Crippen LogP) is 1.58. The van der Waals surface area contributed by atoms with Crippen molar-refractivity contribution in [3.05, 3.63) is 18.2 Å². The van der Waals surface area contributed by atoms with Crippen molar-refractivity contribution in [1.29, 1.82) is 0 Å². The zero-order valence-electron chi connectivity index (χ0n) is 7.50. The molecule has 0 fully saturated rings. The Morgan fingerprint density at radius 1 is 1.23 bits per heavy atom. The lowest BCUT2D eigenvalue weighted by Gasteiger charge is -1.97. The fraction of sp³-hybridized carbons (Fsp3) is 0.222. The lowest BCUT2D eigenvalue weighted by molar-refractivity contribution is 0.385. The Labute approximate surface area is 75.5 Å². The van der Waals surface area contributed by atoms with E-state index in [2.05, 4.69) is 9.97 Å². The molecule has 0 atom stereocenters. The van der Waals surface area contributed by atoms with E-state index in [1.807, 2.05) is 18.2 Å². The molecular formula is C9H10N2O2. The Hall–Kier alpha value is -1.71. The second kappa shape index (κ2) is 2.97. The van der Waals surface area contributed by atoms with Gasteiger partial charge in [0.25, 0.3) is 6.01 Å². The van der Waals surface area contributed by atoms with Gasteiger partial charge in [-0.1, -0.05) is 6.07 Å². The SMILES string of the molecule is COc1nc2c(OC)cccc2[nH]1. The number of aromatic amines is 1. The summed E-state index contributed by atoms with van der Waals surface area (Å²) in [4.78, 5) is 7.21. The molecule has 4 heteroatoms. The largest absolute Gasteiger partial charge is 0.494 e. The van der Waals surface area contributed by atoms with E-state index in [0.717, 1.165) is 16.8 Å². The Morgan fingerprint density at radius 2 is 2.08 bits per heavy atom. The van der Waals surface area contributed by atoms with Gasteiger partial charge in [-0.05, 0) is 12.1 Å². The number of hydrogen-bond donors (Lipinski definition) is 1. The first-order valence-electron chi connectivity index (χ1n) is 3.92. The molecule has 0 spiro atoms. The van der Waals surface area contributed by atoms with E-state index in [1.54, 1.807) is 14.2 Å². The number of methoxy groups -OCH3 is 2. The monoisotopic (exact) mass is 178 g/mol. The van der Waals surface area contributed by atoms with Gasteiger partial charge in [0, 0.05) is 0 Å². The molecule has 1 aromatic carbocycles. The molecule has 0 aliphatic carbocycles. The molecule has 0 unspecified atom stereocenters. The topological polar surface area (TPSA) is 47.1 Å².